The van der Waals surface area contributed by atoms with Gasteiger partial charge in [-0.05, 0) is 32.9 Å². The summed E-state index contributed by atoms with van der Waals surface area (Å²) in [5, 5.41) is 0. The molecule has 3 nitrogen and oxygen atoms in total. The van der Waals surface area contributed by atoms with Crippen LogP contribution in [0.2, 0.25) is 0 Å². The van der Waals surface area contributed by atoms with Gasteiger partial charge in [0.25, 0.3) is 0 Å². The van der Waals surface area contributed by atoms with Crippen LogP contribution < -0.4 is 0 Å². The second-order valence-electron chi connectivity index (χ2n) is 4.53. The summed E-state index contributed by atoms with van der Waals surface area (Å²) in [6, 6.07) is 10.7. The Balaban J connectivity index is 2.35. The molecule has 0 aliphatic rings. The molecule has 19 heavy (non-hydrogen) atoms. The number of nitrogens with zero attached hydrogens (tertiary/aromatic N) is 1. The number of carbonyl (C=O) groups is 1. The van der Waals surface area contributed by atoms with Crippen LogP contribution in [-0.2, 0) is 9.53 Å². The average Bonchev–Trinajstić information content (AvgIpc) is 2.39. The maximum atomic E-state index is 11.5. The molecule has 0 bridgehead atoms. The van der Waals surface area contributed by atoms with Crippen LogP contribution in [0.1, 0.15) is 20.8 Å². The Hall–Kier alpha value is -1.00. The third-order valence-corrected chi connectivity index (χ3v) is 3.75. The largest absolute Gasteiger partial charge is 0.465 e. The van der Waals surface area contributed by atoms with Gasteiger partial charge in [-0.2, -0.15) is 0 Å². The van der Waals surface area contributed by atoms with Crippen molar-refractivity contribution in [2.75, 3.05) is 25.4 Å². The topological polar surface area (TPSA) is 29.5 Å². The van der Waals surface area contributed by atoms with Crippen LogP contribution in [0.15, 0.2) is 35.2 Å². The van der Waals surface area contributed by atoms with E-state index in [0.29, 0.717) is 19.2 Å². The Labute approximate surface area is 120 Å². The fourth-order valence-electron chi connectivity index (χ4n) is 1.69. The molecule has 0 saturated carbocycles. The summed E-state index contributed by atoms with van der Waals surface area (Å²) in [6.45, 7) is 7.75. The monoisotopic (exact) mass is 281 g/mol. The summed E-state index contributed by atoms with van der Waals surface area (Å²) in [7, 11) is 0. The van der Waals surface area contributed by atoms with Gasteiger partial charge in [-0.25, -0.2) is 0 Å². The fourth-order valence-corrected chi connectivity index (χ4v) is 2.60. The summed E-state index contributed by atoms with van der Waals surface area (Å²) in [6.07, 6.45) is 0. The van der Waals surface area contributed by atoms with Crippen molar-refractivity contribution in [3.8, 4) is 0 Å². The van der Waals surface area contributed by atoms with Crippen molar-refractivity contribution in [2.24, 2.45) is 0 Å². The Bertz CT molecular complexity index is 368. The predicted octanol–water partition coefficient (Wildman–Crippen LogP) is 3.05. The highest BCUT2D eigenvalue weighted by Crippen LogP contribution is 2.17. The Kier molecular flexibility index (Phi) is 7.60. The zero-order valence-electron chi connectivity index (χ0n) is 12.0. The number of esters is 1. The molecule has 0 fully saturated rings. The number of ether oxygens (including phenoxy) is 1. The van der Waals surface area contributed by atoms with Crippen LogP contribution >= 0.6 is 11.8 Å². The van der Waals surface area contributed by atoms with Crippen molar-refractivity contribution in [2.45, 2.75) is 31.7 Å². The van der Waals surface area contributed by atoms with E-state index in [2.05, 4.69) is 30.9 Å². The summed E-state index contributed by atoms with van der Waals surface area (Å²) >= 11 is 1.81. The molecular weight excluding hydrogens is 258 g/mol. The lowest BCUT2D eigenvalue weighted by Crippen LogP contribution is -2.38. The van der Waals surface area contributed by atoms with Crippen LogP contribution in [0.3, 0.4) is 0 Å². The van der Waals surface area contributed by atoms with Gasteiger partial charge in [0.1, 0.15) is 0 Å². The number of rotatable bonds is 8. The first-order chi connectivity index (χ1) is 9.13. The molecule has 106 valence electrons. The number of hydrogen-bond acceptors (Lipinski definition) is 4. The first-order valence-electron chi connectivity index (χ1n) is 6.71. The third kappa shape index (κ3) is 6.64. The minimum Gasteiger partial charge on any atom is -0.465 e. The van der Waals surface area contributed by atoms with Gasteiger partial charge in [-0.3, -0.25) is 9.69 Å². The van der Waals surface area contributed by atoms with Gasteiger partial charge < -0.3 is 4.74 Å². The highest BCUT2D eigenvalue weighted by atomic mass is 32.2. The molecule has 0 aromatic heterocycles. The normalized spacial score (nSPS) is 11.0. The molecule has 1 aromatic rings. The van der Waals surface area contributed by atoms with Crippen molar-refractivity contribution in [1.29, 1.82) is 0 Å². The lowest BCUT2D eigenvalue weighted by Gasteiger charge is -2.25. The SMILES string of the molecule is CCOC(=O)CN(CCSc1ccccc1)C(C)C. The van der Waals surface area contributed by atoms with E-state index in [0.717, 1.165) is 12.3 Å². The molecule has 0 spiro atoms. The van der Waals surface area contributed by atoms with E-state index >= 15 is 0 Å². The molecule has 1 rings (SSSR count). The summed E-state index contributed by atoms with van der Waals surface area (Å²) in [4.78, 5) is 14.9. The zero-order chi connectivity index (χ0) is 14.1. The Morgan fingerprint density at radius 2 is 2.00 bits per heavy atom. The number of hydrogen-bond donors (Lipinski definition) is 0. The van der Waals surface area contributed by atoms with Crippen molar-refractivity contribution in [3.05, 3.63) is 30.3 Å². The molecule has 0 unspecified atom stereocenters. The maximum Gasteiger partial charge on any atom is 0.320 e. The van der Waals surface area contributed by atoms with Gasteiger partial charge in [0.05, 0.1) is 13.2 Å². The first-order valence-corrected chi connectivity index (χ1v) is 7.69. The quantitative estimate of drug-likeness (QED) is 0.541. The highest BCUT2D eigenvalue weighted by Gasteiger charge is 2.14. The summed E-state index contributed by atoms with van der Waals surface area (Å²) < 4.78 is 5.00. The van der Waals surface area contributed by atoms with E-state index in [1.165, 1.54) is 4.90 Å². The molecule has 0 saturated heterocycles. The summed E-state index contributed by atoms with van der Waals surface area (Å²) in [5.41, 5.74) is 0. The van der Waals surface area contributed by atoms with Gasteiger partial charge in [-0.1, -0.05) is 18.2 Å². The van der Waals surface area contributed by atoms with Gasteiger partial charge in [-0.15, -0.1) is 11.8 Å². The van der Waals surface area contributed by atoms with E-state index in [1.807, 2.05) is 36.9 Å². The molecule has 0 radical (unpaired) electrons. The standard InChI is InChI=1S/C15H23NO2S/c1-4-18-15(17)12-16(13(2)3)10-11-19-14-8-6-5-7-9-14/h5-9,13H,4,10-12H2,1-3H3. The van der Waals surface area contributed by atoms with Gasteiger partial charge in [0, 0.05) is 23.2 Å². The number of carbonyl (C=O) groups excluding carboxylic acids is 1. The van der Waals surface area contributed by atoms with Crippen LogP contribution in [0.5, 0.6) is 0 Å². The van der Waals surface area contributed by atoms with Crippen LogP contribution in [0, 0.1) is 0 Å². The first kappa shape index (κ1) is 16.1. The molecule has 0 heterocycles. The molecule has 0 amide bonds. The Morgan fingerprint density at radius 1 is 1.32 bits per heavy atom. The van der Waals surface area contributed by atoms with Crippen LogP contribution in [-0.4, -0.2) is 42.4 Å². The van der Waals surface area contributed by atoms with E-state index in [4.69, 9.17) is 4.74 Å². The molecule has 0 aliphatic carbocycles. The van der Waals surface area contributed by atoms with E-state index in [1.54, 1.807) is 0 Å². The van der Waals surface area contributed by atoms with Gasteiger partial charge in [0.2, 0.25) is 0 Å². The average molecular weight is 281 g/mol. The third-order valence-electron chi connectivity index (χ3n) is 2.76. The summed E-state index contributed by atoms with van der Waals surface area (Å²) in [5.74, 6) is 0.836. The molecule has 0 aliphatic heterocycles. The van der Waals surface area contributed by atoms with Crippen LogP contribution in [0.4, 0.5) is 0 Å². The smallest absolute Gasteiger partial charge is 0.320 e. The van der Waals surface area contributed by atoms with E-state index in [-0.39, 0.29) is 5.97 Å². The molecular formula is C15H23NO2S. The zero-order valence-corrected chi connectivity index (χ0v) is 12.8. The number of benzene rings is 1. The molecule has 0 N–H and O–H groups in total. The van der Waals surface area contributed by atoms with Crippen molar-refractivity contribution >= 4 is 17.7 Å². The minimum atomic E-state index is -0.138. The van der Waals surface area contributed by atoms with E-state index < -0.39 is 0 Å². The minimum absolute atomic E-state index is 0.138. The van der Waals surface area contributed by atoms with Crippen molar-refractivity contribution in [3.63, 3.8) is 0 Å². The fraction of sp³-hybridized carbons (Fsp3) is 0.533. The Morgan fingerprint density at radius 3 is 2.58 bits per heavy atom. The van der Waals surface area contributed by atoms with Crippen LogP contribution in [0.25, 0.3) is 0 Å². The lowest BCUT2D eigenvalue weighted by molar-refractivity contribution is -0.144. The second-order valence-corrected chi connectivity index (χ2v) is 5.70. The van der Waals surface area contributed by atoms with E-state index in [9.17, 15) is 4.79 Å². The maximum absolute atomic E-state index is 11.5. The molecule has 0 atom stereocenters. The van der Waals surface area contributed by atoms with Gasteiger partial charge >= 0.3 is 5.97 Å². The number of thioether (sulfide) groups is 1. The highest BCUT2D eigenvalue weighted by molar-refractivity contribution is 7.99. The second kappa shape index (κ2) is 8.99. The van der Waals surface area contributed by atoms with Gasteiger partial charge in [0.15, 0.2) is 0 Å². The van der Waals surface area contributed by atoms with Crippen molar-refractivity contribution in [1.82, 2.24) is 4.90 Å². The molecule has 4 heteroatoms. The van der Waals surface area contributed by atoms with Crippen molar-refractivity contribution < 1.29 is 9.53 Å². The predicted molar refractivity (Wildman–Crippen MR) is 80.5 cm³/mol. The molecule has 1 aromatic carbocycles. The lowest BCUT2D eigenvalue weighted by atomic mass is 10.3.